The second kappa shape index (κ2) is 8.10. The van der Waals surface area contributed by atoms with Crippen LogP contribution in [0.15, 0.2) is 0 Å². The van der Waals surface area contributed by atoms with Crippen molar-refractivity contribution < 1.29 is 4.74 Å². The molecule has 1 aromatic rings. The Kier molecular flexibility index (Phi) is 6.78. The summed E-state index contributed by atoms with van der Waals surface area (Å²) in [6.45, 7) is 8.71. The number of hydrogen-bond donors (Lipinski definition) is 1. The Labute approximate surface area is 116 Å². The van der Waals surface area contributed by atoms with Crippen LogP contribution in [0.5, 0.6) is 5.88 Å². The fraction of sp³-hybridized carbons (Fsp3) is 0.733. The van der Waals surface area contributed by atoms with E-state index in [9.17, 15) is 0 Å². The van der Waals surface area contributed by atoms with Crippen LogP contribution in [0.25, 0.3) is 0 Å². The number of aryl methyl sites for hydroxylation is 1. The predicted octanol–water partition coefficient (Wildman–Crippen LogP) is 3.29. The van der Waals surface area contributed by atoms with Crippen LogP contribution in [0.2, 0.25) is 0 Å². The monoisotopic (exact) mass is 265 g/mol. The van der Waals surface area contributed by atoms with E-state index >= 15 is 0 Å². The molecule has 0 amide bonds. The van der Waals surface area contributed by atoms with Crippen molar-refractivity contribution in [2.75, 3.05) is 0 Å². The molecule has 1 rings (SSSR count). The van der Waals surface area contributed by atoms with E-state index in [1.807, 2.05) is 13.8 Å². The minimum absolute atomic E-state index is 0.165. The normalized spacial score (nSPS) is 12.5. The maximum atomic E-state index is 5.90. The zero-order chi connectivity index (χ0) is 14.3. The minimum atomic E-state index is 0.165. The second-order valence-corrected chi connectivity index (χ2v) is 5.18. The van der Waals surface area contributed by atoms with Crippen molar-refractivity contribution in [3.05, 3.63) is 16.8 Å². The quantitative estimate of drug-likeness (QED) is 0.733. The summed E-state index contributed by atoms with van der Waals surface area (Å²) in [6.07, 6.45) is 6.24. The highest BCUT2D eigenvalue weighted by Crippen LogP contribution is 2.22. The molecule has 1 heterocycles. The summed E-state index contributed by atoms with van der Waals surface area (Å²) >= 11 is 0. The molecule has 0 aliphatic carbocycles. The lowest BCUT2D eigenvalue weighted by Crippen LogP contribution is -2.16. The van der Waals surface area contributed by atoms with Crippen LogP contribution in [0.3, 0.4) is 0 Å². The first-order valence-electron chi connectivity index (χ1n) is 7.29. The maximum Gasteiger partial charge on any atom is 0.238 e. The lowest BCUT2D eigenvalue weighted by molar-refractivity contribution is 0.193. The minimum Gasteiger partial charge on any atom is -0.473 e. The lowest BCUT2D eigenvalue weighted by atomic mass is 10.1. The molecular formula is C15H27N3O. The molecule has 0 aliphatic rings. The number of rotatable bonds is 8. The molecule has 1 aromatic heterocycles. The number of unbranched alkanes of at least 4 members (excludes halogenated alkanes) is 3. The molecule has 2 N–H and O–H groups in total. The van der Waals surface area contributed by atoms with Gasteiger partial charge in [0, 0.05) is 12.1 Å². The van der Waals surface area contributed by atoms with Gasteiger partial charge in [0.05, 0.1) is 11.8 Å². The molecule has 1 atom stereocenters. The van der Waals surface area contributed by atoms with Crippen molar-refractivity contribution in [2.24, 2.45) is 5.73 Å². The zero-order valence-electron chi connectivity index (χ0n) is 12.7. The number of aromatic nitrogens is 2. The summed E-state index contributed by atoms with van der Waals surface area (Å²) in [7, 11) is 0. The van der Waals surface area contributed by atoms with Crippen molar-refractivity contribution in [2.45, 2.75) is 72.4 Å². The molecule has 19 heavy (non-hydrogen) atoms. The summed E-state index contributed by atoms with van der Waals surface area (Å²) < 4.78 is 5.90. The van der Waals surface area contributed by atoms with E-state index in [-0.39, 0.29) is 6.10 Å². The summed E-state index contributed by atoms with van der Waals surface area (Å²) in [5.74, 6) is 0.605. The molecular weight excluding hydrogens is 238 g/mol. The van der Waals surface area contributed by atoms with Gasteiger partial charge < -0.3 is 10.5 Å². The Morgan fingerprint density at radius 1 is 1.16 bits per heavy atom. The summed E-state index contributed by atoms with van der Waals surface area (Å²) in [4.78, 5) is 0. The molecule has 108 valence electrons. The molecule has 1 unspecified atom stereocenters. The van der Waals surface area contributed by atoms with Crippen LogP contribution < -0.4 is 10.5 Å². The van der Waals surface area contributed by atoms with E-state index in [2.05, 4.69) is 24.0 Å². The average Bonchev–Trinajstić information content (AvgIpc) is 2.39. The average molecular weight is 265 g/mol. The number of ether oxygens (including phenoxy) is 1. The molecule has 0 saturated carbocycles. The Bertz CT molecular complexity index is 393. The third-order valence-electron chi connectivity index (χ3n) is 3.53. The molecule has 0 spiro atoms. The predicted molar refractivity (Wildman–Crippen MR) is 78.2 cm³/mol. The smallest absolute Gasteiger partial charge is 0.238 e. The molecule has 0 aromatic carbocycles. The van der Waals surface area contributed by atoms with Crippen LogP contribution >= 0.6 is 0 Å². The highest BCUT2D eigenvalue weighted by molar-refractivity contribution is 5.35. The van der Waals surface area contributed by atoms with Gasteiger partial charge >= 0.3 is 0 Å². The summed E-state index contributed by atoms with van der Waals surface area (Å²) in [6, 6.07) is 0. The molecule has 0 saturated heterocycles. The van der Waals surface area contributed by atoms with E-state index in [0.29, 0.717) is 12.4 Å². The van der Waals surface area contributed by atoms with Crippen LogP contribution in [0.4, 0.5) is 0 Å². The highest BCUT2D eigenvalue weighted by Gasteiger charge is 2.13. The van der Waals surface area contributed by atoms with Gasteiger partial charge in [-0.2, -0.15) is 5.10 Å². The summed E-state index contributed by atoms with van der Waals surface area (Å²) in [5.41, 5.74) is 8.78. The van der Waals surface area contributed by atoms with Crippen molar-refractivity contribution >= 4 is 0 Å². The van der Waals surface area contributed by atoms with Gasteiger partial charge in [-0.15, -0.1) is 5.10 Å². The second-order valence-electron chi connectivity index (χ2n) is 5.18. The molecule has 0 bridgehead atoms. The fourth-order valence-electron chi connectivity index (χ4n) is 2.08. The van der Waals surface area contributed by atoms with E-state index < -0.39 is 0 Å². The molecule has 4 nitrogen and oxygen atoms in total. The van der Waals surface area contributed by atoms with Crippen molar-refractivity contribution in [1.82, 2.24) is 10.2 Å². The van der Waals surface area contributed by atoms with E-state index in [1.54, 1.807) is 0 Å². The van der Waals surface area contributed by atoms with Gasteiger partial charge in [0.1, 0.15) is 0 Å². The standard InChI is InChI=1S/C15H27N3O/c1-5-6-7-8-9-11(2)19-15-14(10-16)12(3)13(4)17-18-15/h11H,5-10,16H2,1-4H3. The van der Waals surface area contributed by atoms with Crippen LogP contribution in [-0.2, 0) is 6.54 Å². The van der Waals surface area contributed by atoms with Gasteiger partial charge in [0.15, 0.2) is 0 Å². The van der Waals surface area contributed by atoms with Crippen molar-refractivity contribution in [1.29, 1.82) is 0 Å². The van der Waals surface area contributed by atoms with Gasteiger partial charge in [-0.3, -0.25) is 0 Å². The Morgan fingerprint density at radius 3 is 2.53 bits per heavy atom. The van der Waals surface area contributed by atoms with Crippen molar-refractivity contribution in [3.8, 4) is 5.88 Å². The SMILES string of the molecule is CCCCCCC(C)Oc1nnc(C)c(C)c1CN. The molecule has 4 heteroatoms. The topological polar surface area (TPSA) is 61.0 Å². The van der Waals surface area contributed by atoms with E-state index in [4.69, 9.17) is 10.5 Å². The number of nitrogens with zero attached hydrogens (tertiary/aromatic N) is 2. The lowest BCUT2D eigenvalue weighted by Gasteiger charge is -2.17. The zero-order valence-corrected chi connectivity index (χ0v) is 12.7. The first-order chi connectivity index (χ1) is 9.10. The van der Waals surface area contributed by atoms with Gasteiger partial charge in [0.25, 0.3) is 0 Å². The van der Waals surface area contributed by atoms with Crippen LogP contribution in [0.1, 0.15) is 62.8 Å². The maximum absolute atomic E-state index is 5.90. The van der Waals surface area contributed by atoms with Gasteiger partial charge in [-0.1, -0.05) is 26.2 Å². The highest BCUT2D eigenvalue weighted by atomic mass is 16.5. The van der Waals surface area contributed by atoms with Gasteiger partial charge in [-0.05, 0) is 39.2 Å². The first kappa shape index (κ1) is 15.9. The third kappa shape index (κ3) is 4.78. The van der Waals surface area contributed by atoms with Crippen molar-refractivity contribution in [3.63, 3.8) is 0 Å². The molecule has 0 fully saturated rings. The fourth-order valence-corrected chi connectivity index (χ4v) is 2.08. The Balaban J connectivity index is 2.59. The first-order valence-corrected chi connectivity index (χ1v) is 7.29. The van der Waals surface area contributed by atoms with E-state index in [0.717, 1.165) is 23.2 Å². The number of nitrogens with two attached hydrogens (primary N) is 1. The molecule has 0 aliphatic heterocycles. The van der Waals surface area contributed by atoms with Gasteiger partial charge in [0.2, 0.25) is 5.88 Å². The largest absolute Gasteiger partial charge is 0.473 e. The molecule has 0 radical (unpaired) electrons. The van der Waals surface area contributed by atoms with Crippen LogP contribution in [0, 0.1) is 13.8 Å². The Morgan fingerprint density at radius 2 is 1.89 bits per heavy atom. The summed E-state index contributed by atoms with van der Waals surface area (Å²) in [5, 5.41) is 8.26. The van der Waals surface area contributed by atoms with Crippen LogP contribution in [-0.4, -0.2) is 16.3 Å². The van der Waals surface area contributed by atoms with Gasteiger partial charge in [-0.25, -0.2) is 0 Å². The number of hydrogen-bond acceptors (Lipinski definition) is 4. The third-order valence-corrected chi connectivity index (χ3v) is 3.53. The Hall–Kier alpha value is -1.16. The van der Waals surface area contributed by atoms with E-state index in [1.165, 1.54) is 25.7 Å².